The first-order valence-electron chi connectivity index (χ1n) is 8.09. The summed E-state index contributed by atoms with van der Waals surface area (Å²) in [5.41, 5.74) is 2.30. The molecule has 0 saturated heterocycles. The maximum atomic E-state index is 11.4. The van der Waals surface area contributed by atoms with E-state index in [4.69, 9.17) is 30.8 Å². The highest BCUT2D eigenvalue weighted by molar-refractivity contribution is 5.66. The van der Waals surface area contributed by atoms with Crippen molar-refractivity contribution in [1.82, 2.24) is 9.97 Å². The summed E-state index contributed by atoms with van der Waals surface area (Å²) < 4.78 is 0. The Bertz CT molecular complexity index is 866. The molecule has 0 spiro atoms. The van der Waals surface area contributed by atoms with E-state index in [0.29, 0.717) is 0 Å². The molecule has 0 aliphatic carbocycles. The molecule has 2 aromatic rings. The molecule has 0 fully saturated rings. The molecule has 29 heavy (non-hydrogen) atoms. The predicted octanol–water partition coefficient (Wildman–Crippen LogP) is -2.59. The van der Waals surface area contributed by atoms with Crippen molar-refractivity contribution in [3.05, 3.63) is 52.2 Å². The zero-order valence-corrected chi connectivity index (χ0v) is 15.4. The fourth-order valence-corrected chi connectivity index (χ4v) is 2.16. The molecule has 11 heteroatoms. The van der Waals surface area contributed by atoms with Crippen LogP contribution in [0.1, 0.15) is 11.3 Å². The van der Waals surface area contributed by atoms with Gasteiger partial charge >= 0.3 is 0 Å². The van der Waals surface area contributed by atoms with E-state index in [1.807, 2.05) is 18.2 Å². The van der Waals surface area contributed by atoms with E-state index in [1.54, 1.807) is 25.4 Å². The van der Waals surface area contributed by atoms with Crippen LogP contribution in [0.25, 0.3) is 11.1 Å². The van der Waals surface area contributed by atoms with Crippen molar-refractivity contribution in [1.29, 1.82) is 5.26 Å². The van der Waals surface area contributed by atoms with Crippen molar-refractivity contribution in [3.63, 3.8) is 0 Å². The molecule has 0 saturated carbocycles. The summed E-state index contributed by atoms with van der Waals surface area (Å²) in [7, 11) is 0. The molecule has 0 aliphatic heterocycles. The Morgan fingerprint density at radius 2 is 1.79 bits per heavy atom. The summed E-state index contributed by atoms with van der Waals surface area (Å²) in [6.07, 6.45) is -3.49. The molecule has 2 aromatic heterocycles. The average molecular weight is 409 g/mol. The number of rotatable bonds is 6. The lowest BCUT2D eigenvalue weighted by Gasteiger charge is -2.22. The van der Waals surface area contributed by atoms with Crippen molar-refractivity contribution in [2.45, 2.75) is 31.3 Å². The van der Waals surface area contributed by atoms with Crippen molar-refractivity contribution in [3.8, 4) is 17.2 Å². The third-order valence-corrected chi connectivity index (χ3v) is 3.77. The topological polar surface area (TPSA) is 219 Å². The van der Waals surface area contributed by atoms with Gasteiger partial charge in [-0.15, -0.1) is 0 Å². The second-order valence-corrected chi connectivity index (χ2v) is 5.76. The van der Waals surface area contributed by atoms with Crippen molar-refractivity contribution in [2.75, 3.05) is 6.61 Å². The van der Waals surface area contributed by atoms with Crippen LogP contribution in [0.4, 0.5) is 0 Å². The first kappa shape index (κ1) is 26.0. The molecule has 2 heterocycles. The Balaban J connectivity index is 0.000000547. The third-order valence-electron chi connectivity index (χ3n) is 3.77. The average Bonchev–Trinajstić information content (AvgIpc) is 2.72. The number of H-pyrrole nitrogens is 1. The van der Waals surface area contributed by atoms with Crippen LogP contribution in [0.15, 0.2) is 35.4 Å². The summed E-state index contributed by atoms with van der Waals surface area (Å²) in [6.45, 7) is 1.04. The van der Waals surface area contributed by atoms with Crippen LogP contribution >= 0.6 is 0 Å². The lowest BCUT2D eigenvalue weighted by Crippen LogP contribution is -2.46. The van der Waals surface area contributed by atoms with E-state index in [1.165, 1.54) is 0 Å². The van der Waals surface area contributed by atoms with E-state index >= 15 is 0 Å². The highest BCUT2D eigenvalue weighted by atomic mass is 16.4. The number of nitriles is 1. The van der Waals surface area contributed by atoms with Crippen LogP contribution in [0.2, 0.25) is 0 Å². The van der Waals surface area contributed by atoms with E-state index < -0.39 is 31.0 Å². The normalized spacial score (nSPS) is 14.1. The van der Waals surface area contributed by atoms with Gasteiger partial charge < -0.3 is 40.8 Å². The fraction of sp³-hybridized carbons (Fsp3) is 0.333. The van der Waals surface area contributed by atoms with Gasteiger partial charge in [0.15, 0.2) is 6.29 Å². The zero-order chi connectivity index (χ0) is 21.3. The number of carbonyl (C=O) groups excluding carboxylic acids is 1. The number of aromatic nitrogens is 2. The quantitative estimate of drug-likeness (QED) is 0.275. The van der Waals surface area contributed by atoms with Crippen molar-refractivity contribution >= 4 is 6.29 Å². The molecule has 0 aliphatic rings. The number of nitrogens with zero attached hydrogens (tertiary/aromatic N) is 2. The number of hydrogen-bond acceptors (Lipinski definition) is 9. The van der Waals surface area contributed by atoms with Gasteiger partial charge in [0.25, 0.3) is 5.56 Å². The predicted molar refractivity (Wildman–Crippen MR) is 101 cm³/mol. The van der Waals surface area contributed by atoms with Crippen LogP contribution in [-0.4, -0.2) is 78.3 Å². The molecule has 2 rings (SSSR count). The number of nitrogens with one attached hydrogen (secondary N) is 1. The number of aromatic amines is 1. The number of aldehydes is 1. The molecule has 0 aromatic carbocycles. The summed E-state index contributed by atoms with van der Waals surface area (Å²) in [5.74, 6) is 0. The van der Waals surface area contributed by atoms with Crippen LogP contribution in [0.5, 0.6) is 0 Å². The standard InChI is InChI=1S/C12H9N3O.C6H12O6.H2O/c1-8-11(9-2-4-14-5-3-9)6-10(7-13)12(16)15-8;7-1-3(9)5(11)6(12)4(10)2-8;/h2-6H,1H3,(H,15,16);1,3-6,8-12H,2H2;1H2/t;3-,4+,5+,6+;/m.0./s1. The number of carbonyl (C=O) groups is 1. The van der Waals surface area contributed by atoms with Crippen molar-refractivity contribution < 1.29 is 35.8 Å². The summed E-state index contributed by atoms with van der Waals surface area (Å²) >= 11 is 0. The summed E-state index contributed by atoms with van der Waals surface area (Å²) in [4.78, 5) is 27.8. The van der Waals surface area contributed by atoms with Gasteiger partial charge in [0, 0.05) is 23.7 Å². The first-order valence-corrected chi connectivity index (χ1v) is 8.09. The maximum Gasteiger partial charge on any atom is 0.266 e. The molecule has 4 atom stereocenters. The second-order valence-electron chi connectivity index (χ2n) is 5.76. The minimum absolute atomic E-state index is 0. The van der Waals surface area contributed by atoms with Crippen LogP contribution in [0.3, 0.4) is 0 Å². The van der Waals surface area contributed by atoms with Crippen LogP contribution < -0.4 is 5.56 Å². The molecule has 11 nitrogen and oxygen atoms in total. The Morgan fingerprint density at radius 1 is 1.21 bits per heavy atom. The van der Waals surface area contributed by atoms with Gasteiger partial charge in [0.2, 0.25) is 0 Å². The van der Waals surface area contributed by atoms with Crippen molar-refractivity contribution in [2.24, 2.45) is 0 Å². The molecular formula is C18H23N3O8. The SMILES string of the molecule is Cc1[nH]c(=O)c(C#N)cc1-c1ccncc1.O.O=C[C@H](O)[C@@H](O)[C@H](O)[C@H](O)CO. The van der Waals surface area contributed by atoms with Gasteiger partial charge in [0.1, 0.15) is 36.0 Å². The van der Waals surface area contributed by atoms with Gasteiger partial charge in [-0.25, -0.2) is 0 Å². The minimum atomic E-state index is -1.79. The summed E-state index contributed by atoms with van der Waals surface area (Å²) in [6, 6.07) is 7.14. The second kappa shape index (κ2) is 12.5. The Morgan fingerprint density at radius 3 is 2.28 bits per heavy atom. The zero-order valence-electron chi connectivity index (χ0n) is 15.4. The molecule has 8 N–H and O–H groups in total. The number of aryl methyl sites for hydroxylation is 1. The molecule has 158 valence electrons. The van der Waals surface area contributed by atoms with Crippen LogP contribution in [0, 0.1) is 18.3 Å². The Hall–Kier alpha value is -2.98. The van der Waals surface area contributed by atoms with Gasteiger partial charge in [0.05, 0.1) is 6.61 Å². The number of aliphatic hydroxyl groups is 5. The Kier molecular flexibility index (Phi) is 11.2. The molecule has 0 bridgehead atoms. The lowest BCUT2D eigenvalue weighted by atomic mass is 10.0. The fourth-order valence-electron chi connectivity index (χ4n) is 2.16. The third kappa shape index (κ3) is 7.16. The Labute approximate surface area is 165 Å². The lowest BCUT2D eigenvalue weighted by molar-refractivity contribution is -0.136. The largest absolute Gasteiger partial charge is 0.412 e. The molecule has 0 unspecified atom stereocenters. The van der Waals surface area contributed by atoms with Crippen LogP contribution in [-0.2, 0) is 4.79 Å². The molecule has 0 amide bonds. The van der Waals surface area contributed by atoms with Gasteiger partial charge in [-0.05, 0) is 30.7 Å². The van der Waals surface area contributed by atoms with Gasteiger partial charge in [-0.1, -0.05) is 0 Å². The first-order chi connectivity index (χ1) is 13.3. The highest BCUT2D eigenvalue weighted by Gasteiger charge is 2.29. The van der Waals surface area contributed by atoms with Gasteiger partial charge in [-0.2, -0.15) is 5.26 Å². The van der Waals surface area contributed by atoms with E-state index in [9.17, 15) is 9.59 Å². The van der Waals surface area contributed by atoms with E-state index in [0.717, 1.165) is 16.8 Å². The monoisotopic (exact) mass is 409 g/mol. The smallest absolute Gasteiger partial charge is 0.266 e. The van der Waals surface area contributed by atoms with E-state index in [-0.39, 0.29) is 22.9 Å². The number of pyridine rings is 2. The van der Waals surface area contributed by atoms with Gasteiger partial charge in [-0.3, -0.25) is 9.78 Å². The maximum absolute atomic E-state index is 11.4. The molecule has 0 radical (unpaired) electrons. The summed E-state index contributed by atoms with van der Waals surface area (Å²) in [5, 5.41) is 52.3. The van der Waals surface area contributed by atoms with E-state index in [2.05, 4.69) is 9.97 Å². The number of aliphatic hydroxyl groups excluding tert-OH is 5. The highest BCUT2D eigenvalue weighted by Crippen LogP contribution is 2.20. The number of hydrogen-bond donors (Lipinski definition) is 6. The minimum Gasteiger partial charge on any atom is -0.412 e. The molecular weight excluding hydrogens is 386 g/mol.